The number of carbonyl (C=O) groups excluding carboxylic acids is 4. The predicted octanol–water partition coefficient (Wildman–Crippen LogP) is -0.164. The largest absolute Gasteiger partial charge is 0.460 e. The van der Waals surface area contributed by atoms with Gasteiger partial charge < -0.3 is 19.1 Å². The van der Waals surface area contributed by atoms with E-state index in [2.05, 4.69) is 6.58 Å². The van der Waals surface area contributed by atoms with E-state index < -0.39 is 18.0 Å². The molecule has 2 saturated heterocycles. The monoisotopic (exact) mass is 369 g/mol. The maximum absolute atomic E-state index is 12.6. The van der Waals surface area contributed by atoms with Crippen molar-refractivity contribution in [1.29, 1.82) is 0 Å². The van der Waals surface area contributed by atoms with Crippen LogP contribution in [0.1, 0.15) is 6.92 Å². The van der Waals surface area contributed by atoms with Gasteiger partial charge in [-0.05, 0) is 6.92 Å². The topological polar surface area (TPSA) is 112 Å². The molecule has 2 unspecified atom stereocenters. The molecule has 0 aliphatic carbocycles. The fourth-order valence-corrected chi connectivity index (χ4v) is 2.03. The zero-order valence-electron chi connectivity index (χ0n) is 14.9. The number of urea groups is 2. The third-order valence-corrected chi connectivity index (χ3v) is 3.76. The molecule has 2 aliphatic rings. The van der Waals surface area contributed by atoms with Crippen molar-refractivity contribution in [1.82, 2.24) is 14.7 Å². The lowest BCUT2D eigenvalue weighted by atomic mass is 10.4. The second-order valence-electron chi connectivity index (χ2n) is 6.18. The van der Waals surface area contributed by atoms with Gasteiger partial charge in [0.25, 0.3) is 0 Å². The molecule has 0 radical (unpaired) electrons. The van der Waals surface area contributed by atoms with E-state index >= 15 is 0 Å². The van der Waals surface area contributed by atoms with Crippen LogP contribution in [-0.2, 0) is 23.8 Å². The number of ether oxygens (including phenoxy) is 3. The van der Waals surface area contributed by atoms with Crippen LogP contribution in [0.2, 0.25) is 0 Å². The highest BCUT2D eigenvalue weighted by Gasteiger charge is 2.37. The van der Waals surface area contributed by atoms with E-state index in [1.165, 1.54) is 18.9 Å². The number of esters is 1. The Labute approximate surface area is 151 Å². The third-order valence-electron chi connectivity index (χ3n) is 3.76. The van der Waals surface area contributed by atoms with Crippen LogP contribution >= 0.6 is 0 Å². The van der Waals surface area contributed by atoms with Crippen LogP contribution in [0.25, 0.3) is 0 Å². The van der Waals surface area contributed by atoms with Crippen LogP contribution < -0.4 is 0 Å². The predicted molar refractivity (Wildman–Crippen MR) is 88.2 cm³/mol. The molecule has 2 heterocycles. The first kappa shape index (κ1) is 19.9. The molecule has 2 atom stereocenters. The highest BCUT2D eigenvalue weighted by molar-refractivity contribution is 5.97. The molecule has 2 rings (SSSR count). The summed E-state index contributed by atoms with van der Waals surface area (Å²) in [6.07, 6.45) is -0.0343. The third kappa shape index (κ3) is 5.81. The quantitative estimate of drug-likeness (QED) is 0.240. The van der Waals surface area contributed by atoms with Gasteiger partial charge in [0.2, 0.25) is 6.41 Å². The number of carbonyl (C=O) groups is 4. The molecule has 0 spiro atoms. The van der Waals surface area contributed by atoms with Crippen molar-refractivity contribution in [3.8, 4) is 0 Å². The summed E-state index contributed by atoms with van der Waals surface area (Å²) in [7, 11) is 1.47. The summed E-state index contributed by atoms with van der Waals surface area (Å²) in [4.78, 5) is 50.9. The summed E-state index contributed by atoms with van der Waals surface area (Å²) in [5, 5.41) is 0. The highest BCUT2D eigenvalue weighted by atomic mass is 16.6. The number of imide groups is 2. The van der Waals surface area contributed by atoms with Crippen LogP contribution in [-0.4, -0.2) is 97.9 Å². The van der Waals surface area contributed by atoms with Crippen LogP contribution in [0.15, 0.2) is 12.2 Å². The van der Waals surface area contributed by atoms with Gasteiger partial charge in [-0.2, -0.15) is 0 Å². The summed E-state index contributed by atoms with van der Waals surface area (Å²) in [5.74, 6) is -0.554. The van der Waals surface area contributed by atoms with E-state index in [4.69, 9.17) is 14.2 Å². The minimum absolute atomic E-state index is 0.0385. The lowest BCUT2D eigenvalue weighted by Crippen LogP contribution is -2.52. The van der Waals surface area contributed by atoms with Gasteiger partial charge in [0, 0.05) is 12.6 Å². The summed E-state index contributed by atoms with van der Waals surface area (Å²) < 4.78 is 15.1. The molecule has 0 aromatic rings. The van der Waals surface area contributed by atoms with Gasteiger partial charge in [0.05, 0.1) is 45.1 Å². The summed E-state index contributed by atoms with van der Waals surface area (Å²) in [6, 6.07) is -1.35. The minimum atomic E-state index is -0.734. The fourth-order valence-electron chi connectivity index (χ4n) is 2.03. The molecule has 0 bridgehead atoms. The van der Waals surface area contributed by atoms with E-state index in [0.29, 0.717) is 19.6 Å². The van der Waals surface area contributed by atoms with Crippen molar-refractivity contribution < 1.29 is 33.4 Å². The van der Waals surface area contributed by atoms with Crippen molar-refractivity contribution in [2.75, 3.05) is 46.5 Å². The number of hydrogen-bond donors (Lipinski definition) is 0. The normalized spacial score (nSPS) is 19.9. The minimum Gasteiger partial charge on any atom is -0.460 e. The van der Waals surface area contributed by atoms with Crippen LogP contribution in [0, 0.1) is 0 Å². The van der Waals surface area contributed by atoms with Gasteiger partial charge >= 0.3 is 18.0 Å². The number of epoxide rings is 2. The number of rotatable bonds is 9. The molecule has 144 valence electrons. The Morgan fingerprint density at radius 3 is 2.23 bits per heavy atom. The maximum Gasteiger partial charge on any atom is 0.334 e. The lowest BCUT2D eigenvalue weighted by molar-refractivity contribution is -0.139. The SMILES string of the molecule is C=C(C)C(=O)OCCN(C)C(=O)N(CC1CO1)C(=O)N(C=O)CC1CO1. The molecule has 0 aromatic heterocycles. The summed E-state index contributed by atoms with van der Waals surface area (Å²) in [6.45, 7) is 6.09. The Morgan fingerprint density at radius 1 is 1.15 bits per heavy atom. The van der Waals surface area contributed by atoms with E-state index in [1.54, 1.807) is 0 Å². The second-order valence-corrected chi connectivity index (χ2v) is 6.18. The van der Waals surface area contributed by atoms with Gasteiger partial charge in [0.1, 0.15) is 6.61 Å². The molecule has 0 N–H and O–H groups in total. The van der Waals surface area contributed by atoms with Gasteiger partial charge in [-0.3, -0.25) is 9.69 Å². The number of likely N-dealkylation sites (N-methyl/N-ethyl adjacent to an activating group) is 1. The van der Waals surface area contributed by atoms with E-state index in [1.807, 2.05) is 0 Å². The van der Waals surface area contributed by atoms with Gasteiger partial charge in [-0.25, -0.2) is 19.3 Å². The van der Waals surface area contributed by atoms with Crippen molar-refractivity contribution in [3.63, 3.8) is 0 Å². The Kier molecular flexibility index (Phi) is 6.70. The second kappa shape index (κ2) is 8.77. The molecule has 5 amide bonds. The molecule has 10 nitrogen and oxygen atoms in total. The van der Waals surface area contributed by atoms with Crippen LogP contribution in [0.4, 0.5) is 9.59 Å². The average molecular weight is 369 g/mol. The van der Waals surface area contributed by atoms with E-state index in [9.17, 15) is 19.2 Å². The molecule has 0 saturated carbocycles. The van der Waals surface area contributed by atoms with Gasteiger partial charge in [-0.15, -0.1) is 0 Å². The molecule has 10 heteroatoms. The van der Waals surface area contributed by atoms with E-state index in [0.717, 1.165) is 9.80 Å². The van der Waals surface area contributed by atoms with Crippen molar-refractivity contribution in [3.05, 3.63) is 12.2 Å². The Hall–Kier alpha value is -2.46. The van der Waals surface area contributed by atoms with Crippen LogP contribution in [0.5, 0.6) is 0 Å². The average Bonchev–Trinajstić information content (AvgIpc) is 3.51. The first-order valence-electron chi connectivity index (χ1n) is 8.17. The van der Waals surface area contributed by atoms with Crippen molar-refractivity contribution in [2.45, 2.75) is 19.1 Å². The maximum atomic E-state index is 12.6. The smallest absolute Gasteiger partial charge is 0.334 e. The standard InChI is InChI=1S/C16H23N3O7/c1-11(2)14(21)24-5-4-17(3)15(22)19(7-13-9-26-13)16(23)18(10-20)6-12-8-25-12/h10,12-13H,1,4-9H2,2-3H3. The van der Waals surface area contributed by atoms with Crippen molar-refractivity contribution >= 4 is 24.4 Å². The van der Waals surface area contributed by atoms with Crippen molar-refractivity contribution in [2.24, 2.45) is 0 Å². The zero-order valence-corrected chi connectivity index (χ0v) is 14.9. The van der Waals surface area contributed by atoms with Gasteiger partial charge in [0.15, 0.2) is 0 Å². The first-order valence-corrected chi connectivity index (χ1v) is 8.17. The van der Waals surface area contributed by atoms with Gasteiger partial charge in [-0.1, -0.05) is 6.58 Å². The Bertz CT molecular complexity index is 586. The fraction of sp³-hybridized carbons (Fsp3) is 0.625. The molecular formula is C16H23N3O7. The lowest BCUT2D eigenvalue weighted by Gasteiger charge is -2.29. The molecular weight excluding hydrogens is 346 g/mol. The molecule has 26 heavy (non-hydrogen) atoms. The number of amides is 5. The molecule has 0 aromatic carbocycles. The number of hydrogen-bond acceptors (Lipinski definition) is 7. The Balaban J connectivity index is 1.93. The molecule has 2 aliphatic heterocycles. The van der Waals surface area contributed by atoms with E-state index in [-0.39, 0.29) is 44.0 Å². The highest BCUT2D eigenvalue weighted by Crippen LogP contribution is 2.16. The summed E-state index contributed by atoms with van der Waals surface area (Å²) >= 11 is 0. The molecule has 2 fully saturated rings. The summed E-state index contributed by atoms with van der Waals surface area (Å²) in [5.41, 5.74) is 0.255. The Morgan fingerprint density at radius 2 is 1.73 bits per heavy atom. The van der Waals surface area contributed by atoms with Crippen LogP contribution in [0.3, 0.4) is 0 Å². The number of nitrogens with zero attached hydrogens (tertiary/aromatic N) is 3. The zero-order chi connectivity index (χ0) is 19.3. The first-order chi connectivity index (χ1) is 12.3.